The summed E-state index contributed by atoms with van der Waals surface area (Å²) in [4.78, 5) is 25.1. The Morgan fingerprint density at radius 1 is 1.29 bits per heavy atom. The number of nitrogens with zero attached hydrogens (tertiary/aromatic N) is 1. The molecule has 1 saturated heterocycles. The number of rotatable bonds is 6. The summed E-state index contributed by atoms with van der Waals surface area (Å²) in [5, 5.41) is 8.93. The maximum absolute atomic E-state index is 12.5. The molecule has 132 valence electrons. The lowest BCUT2D eigenvalue weighted by Crippen LogP contribution is -2.36. The lowest BCUT2D eigenvalue weighted by atomic mass is 10.1. The van der Waals surface area contributed by atoms with Gasteiger partial charge in [0.1, 0.15) is 0 Å². The minimum atomic E-state index is -3.60. The largest absolute Gasteiger partial charge is 0.481 e. The summed E-state index contributed by atoms with van der Waals surface area (Å²) in [5.41, 5.74) is 0.357. The number of likely N-dealkylation sites (tertiary alicyclic amines) is 1. The monoisotopic (exact) mass is 354 g/mol. The van der Waals surface area contributed by atoms with Crippen LogP contribution in [0.2, 0.25) is 0 Å². The molecule has 1 unspecified atom stereocenters. The molecule has 2 rings (SSSR count). The van der Waals surface area contributed by atoms with E-state index < -0.39 is 16.0 Å². The summed E-state index contributed by atoms with van der Waals surface area (Å²) in [6, 6.07) is 5.18. The van der Waals surface area contributed by atoms with Gasteiger partial charge in [0.15, 0.2) is 0 Å². The van der Waals surface area contributed by atoms with Gasteiger partial charge >= 0.3 is 5.97 Å². The van der Waals surface area contributed by atoms with Crippen molar-refractivity contribution in [2.75, 3.05) is 6.54 Å². The number of carboxylic acid groups (broad SMARTS) is 1. The predicted octanol–water partition coefficient (Wildman–Crippen LogP) is 1.45. The van der Waals surface area contributed by atoms with E-state index in [9.17, 15) is 18.0 Å². The van der Waals surface area contributed by atoms with E-state index in [1.54, 1.807) is 18.7 Å². The first-order valence-corrected chi connectivity index (χ1v) is 9.34. The van der Waals surface area contributed by atoms with Gasteiger partial charge in [0.05, 0.1) is 11.3 Å². The molecule has 1 aromatic carbocycles. The fourth-order valence-corrected chi connectivity index (χ4v) is 4.09. The van der Waals surface area contributed by atoms with Crippen molar-refractivity contribution in [1.29, 1.82) is 0 Å². The fourth-order valence-electron chi connectivity index (χ4n) is 2.84. The van der Waals surface area contributed by atoms with E-state index in [0.29, 0.717) is 18.5 Å². The molecular formula is C16H22N2O5S. The third-order valence-corrected chi connectivity index (χ3v) is 5.53. The van der Waals surface area contributed by atoms with Crippen molar-refractivity contribution in [3.8, 4) is 0 Å². The van der Waals surface area contributed by atoms with Crippen LogP contribution in [0, 0.1) is 0 Å². The second-order valence-electron chi connectivity index (χ2n) is 6.19. The highest BCUT2D eigenvalue weighted by molar-refractivity contribution is 7.89. The van der Waals surface area contributed by atoms with Crippen LogP contribution in [0.4, 0.5) is 0 Å². The predicted molar refractivity (Wildman–Crippen MR) is 88.2 cm³/mol. The van der Waals surface area contributed by atoms with Gasteiger partial charge in [-0.25, -0.2) is 13.1 Å². The average Bonchev–Trinajstić information content (AvgIpc) is 2.92. The third kappa shape index (κ3) is 4.33. The van der Waals surface area contributed by atoms with Crippen molar-refractivity contribution in [2.24, 2.45) is 0 Å². The molecule has 7 nitrogen and oxygen atoms in total. The van der Waals surface area contributed by atoms with Crippen molar-refractivity contribution in [3.05, 3.63) is 29.8 Å². The van der Waals surface area contributed by atoms with E-state index in [0.717, 1.165) is 6.42 Å². The molecule has 1 amide bonds. The smallest absolute Gasteiger partial charge is 0.305 e. The molecule has 1 aliphatic heterocycles. The first kappa shape index (κ1) is 18.4. The number of carboxylic acids is 1. The number of carbonyl (C=O) groups is 2. The molecule has 2 N–H and O–H groups in total. The Labute approximate surface area is 141 Å². The Morgan fingerprint density at radius 2 is 1.92 bits per heavy atom. The average molecular weight is 354 g/mol. The summed E-state index contributed by atoms with van der Waals surface area (Å²) < 4.78 is 26.6. The number of benzene rings is 1. The maximum atomic E-state index is 12.5. The molecule has 1 aliphatic rings. The summed E-state index contributed by atoms with van der Waals surface area (Å²) in [6.07, 6.45) is 1.37. The zero-order valence-electron chi connectivity index (χ0n) is 13.7. The van der Waals surface area contributed by atoms with Gasteiger partial charge in [0.2, 0.25) is 10.0 Å². The van der Waals surface area contributed by atoms with Crippen LogP contribution in [0.3, 0.4) is 0 Å². The minimum Gasteiger partial charge on any atom is -0.481 e. The maximum Gasteiger partial charge on any atom is 0.305 e. The number of nitrogens with one attached hydrogen (secondary N) is 1. The van der Waals surface area contributed by atoms with Crippen molar-refractivity contribution < 1.29 is 23.1 Å². The Bertz CT molecular complexity index is 712. The van der Waals surface area contributed by atoms with Crippen molar-refractivity contribution in [2.45, 2.75) is 50.1 Å². The van der Waals surface area contributed by atoms with Crippen molar-refractivity contribution >= 4 is 21.9 Å². The van der Waals surface area contributed by atoms with E-state index in [4.69, 9.17) is 5.11 Å². The number of hydrogen-bond donors (Lipinski definition) is 2. The summed E-state index contributed by atoms with van der Waals surface area (Å²) in [5.74, 6) is -1.19. The highest BCUT2D eigenvalue weighted by Crippen LogP contribution is 2.23. The van der Waals surface area contributed by atoms with E-state index in [-0.39, 0.29) is 29.3 Å². The molecule has 1 heterocycles. The lowest BCUT2D eigenvalue weighted by Gasteiger charge is -2.23. The Kier molecular flexibility index (Phi) is 5.61. The molecule has 1 fully saturated rings. The van der Waals surface area contributed by atoms with Crippen LogP contribution in [0.1, 0.15) is 43.5 Å². The zero-order valence-corrected chi connectivity index (χ0v) is 14.5. The number of amides is 1. The van der Waals surface area contributed by atoms with Crippen LogP contribution in [-0.4, -0.2) is 48.9 Å². The van der Waals surface area contributed by atoms with E-state index >= 15 is 0 Å². The second kappa shape index (κ2) is 7.31. The summed E-state index contributed by atoms with van der Waals surface area (Å²) in [7, 11) is -3.60. The molecule has 24 heavy (non-hydrogen) atoms. The van der Waals surface area contributed by atoms with E-state index in [1.165, 1.54) is 24.3 Å². The van der Waals surface area contributed by atoms with Gasteiger partial charge in [-0.15, -0.1) is 0 Å². The summed E-state index contributed by atoms with van der Waals surface area (Å²) in [6.45, 7) is 3.97. The number of carbonyl (C=O) groups excluding carboxylic acids is 1. The first-order valence-electron chi connectivity index (χ1n) is 7.86. The molecule has 0 radical (unpaired) electrons. The standard InChI is InChI=1S/C16H22N2O5S/c1-11(2)17-24(22,23)14-7-5-12(6-8-14)16(21)18-9-3-4-13(18)10-15(19)20/h5-8,11,13,17H,3-4,9-10H2,1-2H3,(H,19,20). The molecule has 0 saturated carbocycles. The minimum absolute atomic E-state index is 0.0729. The Balaban J connectivity index is 2.15. The fraction of sp³-hybridized carbons (Fsp3) is 0.500. The number of sulfonamides is 1. The quantitative estimate of drug-likeness (QED) is 0.805. The van der Waals surface area contributed by atoms with Crippen LogP contribution >= 0.6 is 0 Å². The number of aliphatic carboxylic acids is 1. The third-order valence-electron chi connectivity index (χ3n) is 3.85. The van der Waals surface area contributed by atoms with Crippen LogP contribution < -0.4 is 4.72 Å². The molecule has 0 aromatic heterocycles. The molecule has 1 aromatic rings. The van der Waals surface area contributed by atoms with E-state index in [1.807, 2.05) is 0 Å². The zero-order chi connectivity index (χ0) is 17.9. The van der Waals surface area contributed by atoms with Crippen molar-refractivity contribution in [1.82, 2.24) is 9.62 Å². The van der Waals surface area contributed by atoms with Crippen LogP contribution in [0.15, 0.2) is 29.2 Å². The van der Waals surface area contributed by atoms with Gasteiger partial charge in [-0.2, -0.15) is 0 Å². The van der Waals surface area contributed by atoms with Gasteiger partial charge in [-0.3, -0.25) is 9.59 Å². The Morgan fingerprint density at radius 3 is 2.46 bits per heavy atom. The first-order chi connectivity index (χ1) is 11.2. The van der Waals surface area contributed by atoms with Crippen molar-refractivity contribution in [3.63, 3.8) is 0 Å². The molecule has 0 aliphatic carbocycles. The lowest BCUT2D eigenvalue weighted by molar-refractivity contribution is -0.137. The number of hydrogen-bond acceptors (Lipinski definition) is 4. The van der Waals surface area contributed by atoms with Gasteiger partial charge in [-0.05, 0) is 51.0 Å². The molecule has 8 heteroatoms. The topological polar surface area (TPSA) is 104 Å². The summed E-state index contributed by atoms with van der Waals surface area (Å²) >= 11 is 0. The Hall–Kier alpha value is -1.93. The molecule has 0 bridgehead atoms. The molecule has 1 atom stereocenters. The van der Waals surface area contributed by atoms with E-state index in [2.05, 4.69) is 4.72 Å². The highest BCUT2D eigenvalue weighted by Gasteiger charge is 2.31. The van der Waals surface area contributed by atoms with Gasteiger partial charge in [0, 0.05) is 24.2 Å². The SMILES string of the molecule is CC(C)NS(=O)(=O)c1ccc(C(=O)N2CCCC2CC(=O)O)cc1. The normalized spacial score (nSPS) is 18.1. The van der Waals surface area contributed by atoms with Gasteiger partial charge < -0.3 is 10.0 Å². The second-order valence-corrected chi connectivity index (χ2v) is 7.91. The van der Waals surface area contributed by atoms with Crippen LogP contribution in [0.25, 0.3) is 0 Å². The van der Waals surface area contributed by atoms with Gasteiger partial charge in [0.25, 0.3) is 5.91 Å². The van der Waals surface area contributed by atoms with Gasteiger partial charge in [-0.1, -0.05) is 0 Å². The highest BCUT2D eigenvalue weighted by atomic mass is 32.2. The molecule has 0 spiro atoms. The molecular weight excluding hydrogens is 332 g/mol. The van der Waals surface area contributed by atoms with Crippen LogP contribution in [-0.2, 0) is 14.8 Å². The van der Waals surface area contributed by atoms with Crippen LogP contribution in [0.5, 0.6) is 0 Å².